The summed E-state index contributed by atoms with van der Waals surface area (Å²) >= 11 is 0. The highest BCUT2D eigenvalue weighted by atomic mass is 32.2. The molecule has 1 aliphatic heterocycles. The van der Waals surface area contributed by atoms with E-state index in [0.29, 0.717) is 31.1 Å². The number of nitrogens with one attached hydrogen (secondary N) is 1. The van der Waals surface area contributed by atoms with Crippen LogP contribution >= 0.6 is 0 Å². The van der Waals surface area contributed by atoms with Gasteiger partial charge in [-0.1, -0.05) is 13.8 Å². The van der Waals surface area contributed by atoms with E-state index < -0.39 is 28.0 Å². The predicted octanol–water partition coefficient (Wildman–Crippen LogP) is 0.833. The van der Waals surface area contributed by atoms with Crippen LogP contribution in [0.25, 0.3) is 0 Å². The van der Waals surface area contributed by atoms with Crippen molar-refractivity contribution in [3.63, 3.8) is 0 Å². The molecule has 0 unspecified atom stereocenters. The molecule has 1 saturated heterocycles. The van der Waals surface area contributed by atoms with E-state index in [1.165, 1.54) is 17.4 Å². The zero-order valence-corrected chi connectivity index (χ0v) is 18.0. The summed E-state index contributed by atoms with van der Waals surface area (Å²) in [5.74, 6) is -0.287. The first-order valence-corrected chi connectivity index (χ1v) is 10.9. The Labute approximate surface area is 166 Å². The third-order valence-corrected chi connectivity index (χ3v) is 6.59. The summed E-state index contributed by atoms with van der Waals surface area (Å²) < 4.78 is 33.7. The van der Waals surface area contributed by atoms with Gasteiger partial charge in [-0.25, -0.2) is 13.4 Å². The number of carbonyl (C=O) groups excluding carboxylic acids is 2. The zero-order valence-electron chi connectivity index (χ0n) is 17.1. The predicted molar refractivity (Wildman–Crippen MR) is 103 cm³/mol. The number of aryl methyl sites for hydroxylation is 2. The van der Waals surface area contributed by atoms with Crippen LogP contribution in [0, 0.1) is 18.8 Å². The molecule has 1 N–H and O–H groups in total. The van der Waals surface area contributed by atoms with Gasteiger partial charge < -0.3 is 14.6 Å². The second-order valence-corrected chi connectivity index (χ2v) is 9.52. The largest absolute Gasteiger partial charge is 0.452 e. The Bertz CT molecular complexity index is 790. The van der Waals surface area contributed by atoms with Gasteiger partial charge in [0, 0.05) is 32.9 Å². The highest BCUT2D eigenvalue weighted by Gasteiger charge is 2.35. The van der Waals surface area contributed by atoms with Gasteiger partial charge in [0.15, 0.2) is 11.1 Å². The maximum atomic E-state index is 12.7. The fraction of sp³-hybridized carbons (Fsp3) is 0.722. The van der Waals surface area contributed by atoms with Crippen molar-refractivity contribution in [1.82, 2.24) is 19.2 Å². The van der Waals surface area contributed by atoms with Gasteiger partial charge >= 0.3 is 5.97 Å². The number of nitrogens with zero attached hydrogens (tertiary/aromatic N) is 3. The topological polar surface area (TPSA) is 111 Å². The average Bonchev–Trinajstić information content (AvgIpc) is 2.99. The lowest BCUT2D eigenvalue weighted by molar-refractivity contribution is -0.159. The molecule has 0 aliphatic carbocycles. The van der Waals surface area contributed by atoms with Crippen LogP contribution in [0.4, 0.5) is 0 Å². The van der Waals surface area contributed by atoms with Gasteiger partial charge in [0.2, 0.25) is 0 Å². The van der Waals surface area contributed by atoms with Crippen LogP contribution in [0.3, 0.4) is 0 Å². The fourth-order valence-electron chi connectivity index (χ4n) is 2.89. The minimum atomic E-state index is -3.68. The van der Waals surface area contributed by atoms with Crippen LogP contribution in [-0.4, -0.2) is 59.9 Å². The van der Waals surface area contributed by atoms with Gasteiger partial charge in [0.1, 0.15) is 5.82 Å². The number of sulfonamides is 1. The highest BCUT2D eigenvalue weighted by molar-refractivity contribution is 7.89. The van der Waals surface area contributed by atoms with Crippen molar-refractivity contribution >= 4 is 21.9 Å². The molecule has 0 spiro atoms. The number of imidazole rings is 1. The molecule has 1 aromatic heterocycles. The SMILES string of the molecule is Cc1nc(S(=O)(=O)N2CCC(C(=O)O[C@H](C)C(=O)NCC(C)C)CC2)cn1C. The second kappa shape index (κ2) is 9.04. The lowest BCUT2D eigenvalue weighted by atomic mass is 9.98. The number of aromatic nitrogens is 2. The number of rotatable bonds is 7. The number of carbonyl (C=O) groups is 2. The van der Waals surface area contributed by atoms with E-state index in [2.05, 4.69) is 10.3 Å². The molecule has 2 rings (SSSR count). The van der Waals surface area contributed by atoms with Gasteiger partial charge in [-0.3, -0.25) is 9.59 Å². The Morgan fingerprint density at radius 2 is 1.89 bits per heavy atom. The number of hydrogen-bond donors (Lipinski definition) is 1. The van der Waals surface area contributed by atoms with Crippen LogP contribution < -0.4 is 5.32 Å². The molecule has 1 aromatic rings. The van der Waals surface area contributed by atoms with Crippen LogP contribution in [0.5, 0.6) is 0 Å². The normalized spacial score (nSPS) is 17.5. The summed E-state index contributed by atoms with van der Waals surface area (Å²) in [5, 5.41) is 2.75. The molecule has 1 atom stereocenters. The molecule has 1 aliphatic rings. The monoisotopic (exact) mass is 414 g/mol. The fourth-order valence-corrected chi connectivity index (χ4v) is 4.38. The summed E-state index contributed by atoms with van der Waals surface area (Å²) in [4.78, 5) is 28.4. The van der Waals surface area contributed by atoms with Crippen LogP contribution in [0.2, 0.25) is 0 Å². The third kappa shape index (κ3) is 5.32. The van der Waals surface area contributed by atoms with Gasteiger partial charge in [0.05, 0.1) is 5.92 Å². The van der Waals surface area contributed by atoms with Crippen LogP contribution in [0.15, 0.2) is 11.2 Å². The number of esters is 1. The Morgan fingerprint density at radius 1 is 1.29 bits per heavy atom. The molecule has 9 nitrogen and oxygen atoms in total. The Morgan fingerprint density at radius 3 is 2.39 bits per heavy atom. The molecule has 0 radical (unpaired) electrons. The summed E-state index contributed by atoms with van der Waals surface area (Å²) in [5.41, 5.74) is 0. The molecule has 2 heterocycles. The zero-order chi connectivity index (χ0) is 21.1. The molecule has 0 aromatic carbocycles. The van der Waals surface area contributed by atoms with Crippen LogP contribution in [-0.2, 0) is 31.4 Å². The third-order valence-electron chi connectivity index (χ3n) is 4.82. The first-order chi connectivity index (χ1) is 13.0. The van der Waals surface area contributed by atoms with Crippen molar-refractivity contribution in [3.8, 4) is 0 Å². The van der Waals surface area contributed by atoms with E-state index in [1.54, 1.807) is 18.5 Å². The van der Waals surface area contributed by atoms with Crippen molar-refractivity contribution in [2.45, 2.75) is 51.7 Å². The first kappa shape index (κ1) is 22.4. The van der Waals surface area contributed by atoms with Gasteiger partial charge in [-0.05, 0) is 32.6 Å². The first-order valence-electron chi connectivity index (χ1n) is 9.50. The van der Waals surface area contributed by atoms with Crippen LogP contribution in [0.1, 0.15) is 39.4 Å². The van der Waals surface area contributed by atoms with Gasteiger partial charge in [-0.15, -0.1) is 0 Å². The molecule has 1 amide bonds. The standard InChI is InChI=1S/C18H30N4O5S/c1-12(2)10-19-17(23)13(3)27-18(24)15-6-8-22(9-7-15)28(25,26)16-11-21(5)14(4)20-16/h11-13,15H,6-10H2,1-5H3,(H,19,23)/t13-/m1/s1. The summed E-state index contributed by atoms with van der Waals surface area (Å²) in [7, 11) is -1.94. The lowest BCUT2D eigenvalue weighted by Crippen LogP contribution is -2.43. The molecular weight excluding hydrogens is 384 g/mol. The number of hydrogen-bond acceptors (Lipinski definition) is 6. The Balaban J connectivity index is 1.89. The number of ether oxygens (including phenoxy) is 1. The summed E-state index contributed by atoms with van der Waals surface area (Å²) in [6, 6.07) is 0. The van der Waals surface area contributed by atoms with E-state index >= 15 is 0 Å². The second-order valence-electron chi connectivity index (χ2n) is 7.63. The Hall–Kier alpha value is -1.94. The minimum Gasteiger partial charge on any atom is -0.452 e. The number of piperidine rings is 1. The van der Waals surface area contributed by atoms with Gasteiger partial charge in [-0.2, -0.15) is 4.31 Å². The molecule has 10 heteroatoms. The van der Waals surface area contributed by atoms with E-state index in [-0.39, 0.29) is 24.0 Å². The Kier molecular flexibility index (Phi) is 7.22. The summed E-state index contributed by atoms with van der Waals surface area (Å²) in [6.07, 6.45) is 1.32. The number of amides is 1. The molecule has 1 fully saturated rings. The average molecular weight is 415 g/mol. The van der Waals surface area contributed by atoms with E-state index in [9.17, 15) is 18.0 Å². The molecule has 0 saturated carbocycles. The van der Waals surface area contributed by atoms with E-state index in [1.807, 2.05) is 13.8 Å². The lowest BCUT2D eigenvalue weighted by Gasteiger charge is -2.30. The quantitative estimate of drug-likeness (QED) is 0.662. The summed E-state index contributed by atoms with van der Waals surface area (Å²) in [6.45, 7) is 8.17. The minimum absolute atomic E-state index is 0.0176. The molecule has 28 heavy (non-hydrogen) atoms. The molecule has 0 bridgehead atoms. The highest BCUT2D eigenvalue weighted by Crippen LogP contribution is 2.24. The van der Waals surface area contributed by atoms with Crippen molar-refractivity contribution in [3.05, 3.63) is 12.0 Å². The van der Waals surface area contributed by atoms with Crippen molar-refractivity contribution < 1.29 is 22.7 Å². The van der Waals surface area contributed by atoms with Crippen molar-refractivity contribution in [2.24, 2.45) is 18.9 Å². The van der Waals surface area contributed by atoms with E-state index in [4.69, 9.17) is 4.74 Å². The van der Waals surface area contributed by atoms with Crippen molar-refractivity contribution in [1.29, 1.82) is 0 Å². The maximum absolute atomic E-state index is 12.7. The molecule has 158 valence electrons. The van der Waals surface area contributed by atoms with E-state index in [0.717, 1.165) is 0 Å². The van der Waals surface area contributed by atoms with Gasteiger partial charge in [0.25, 0.3) is 15.9 Å². The maximum Gasteiger partial charge on any atom is 0.309 e. The molecular formula is C18H30N4O5S. The smallest absolute Gasteiger partial charge is 0.309 e. The van der Waals surface area contributed by atoms with Crippen molar-refractivity contribution in [2.75, 3.05) is 19.6 Å².